The molecule has 0 heterocycles. The van der Waals surface area contributed by atoms with Crippen molar-refractivity contribution in [3.05, 3.63) is 0 Å². The first-order valence-electron chi connectivity index (χ1n) is 5.22. The summed E-state index contributed by atoms with van der Waals surface area (Å²) in [5.74, 6) is 0.699. The second-order valence-corrected chi connectivity index (χ2v) is 5.42. The zero-order chi connectivity index (χ0) is 13.5. The van der Waals surface area contributed by atoms with Crippen molar-refractivity contribution in [2.24, 2.45) is 0 Å². The molecule has 0 aromatic rings. The van der Waals surface area contributed by atoms with E-state index >= 15 is 0 Å². The zero-order valence-electron chi connectivity index (χ0n) is 10.6. The van der Waals surface area contributed by atoms with Gasteiger partial charge in [-0.25, -0.2) is 9.80 Å². The molecule has 0 spiro atoms. The summed E-state index contributed by atoms with van der Waals surface area (Å²) >= 11 is 1.55. The Hall–Kier alpha value is -0.790. The molecule has 0 aromatic carbocycles. The van der Waals surface area contributed by atoms with Crippen molar-refractivity contribution in [2.45, 2.75) is 38.8 Å². The summed E-state index contributed by atoms with van der Waals surface area (Å²) < 4.78 is 5.05. The molecular weight excluding hydrogens is 244 g/mol. The van der Waals surface area contributed by atoms with Gasteiger partial charge in [-0.1, -0.05) is 0 Å². The van der Waals surface area contributed by atoms with E-state index in [4.69, 9.17) is 9.94 Å². The average molecular weight is 264 g/mol. The number of rotatable bonds is 6. The molecule has 1 atom stereocenters. The number of nitrogens with zero attached hydrogens (tertiary/aromatic N) is 1. The van der Waals surface area contributed by atoms with Gasteiger partial charge < -0.3 is 9.53 Å². The van der Waals surface area contributed by atoms with Gasteiger partial charge >= 0.3 is 6.09 Å². The summed E-state index contributed by atoms with van der Waals surface area (Å²) in [5.41, 5.74) is 1.02. The van der Waals surface area contributed by atoms with Gasteiger partial charge in [-0.15, -0.1) is 5.59 Å². The maximum Gasteiger partial charge on any atom is 0.427 e. The third-order valence-corrected chi connectivity index (χ3v) is 2.45. The topological polar surface area (TPSA) is 78.9 Å². The van der Waals surface area contributed by atoms with Crippen LogP contribution < -0.4 is 5.59 Å². The highest BCUT2D eigenvalue weighted by molar-refractivity contribution is 7.98. The summed E-state index contributed by atoms with van der Waals surface area (Å²) in [6, 6.07) is -0.748. The van der Waals surface area contributed by atoms with E-state index in [0.29, 0.717) is 18.5 Å². The van der Waals surface area contributed by atoms with Crippen molar-refractivity contribution in [3.63, 3.8) is 0 Å². The fourth-order valence-electron chi connectivity index (χ4n) is 1.06. The molecule has 0 fully saturated rings. The Morgan fingerprint density at radius 3 is 2.53 bits per heavy atom. The van der Waals surface area contributed by atoms with Crippen LogP contribution >= 0.6 is 11.8 Å². The molecule has 1 amide bonds. The van der Waals surface area contributed by atoms with E-state index in [2.05, 4.69) is 0 Å². The molecule has 0 aliphatic rings. The first kappa shape index (κ1) is 16.2. The van der Waals surface area contributed by atoms with E-state index < -0.39 is 17.7 Å². The Morgan fingerprint density at radius 2 is 2.18 bits per heavy atom. The molecule has 0 aliphatic heterocycles. The monoisotopic (exact) mass is 264 g/mol. The van der Waals surface area contributed by atoms with Crippen LogP contribution in [0.3, 0.4) is 0 Å². The van der Waals surface area contributed by atoms with E-state index in [0.717, 1.165) is 5.01 Å². The van der Waals surface area contributed by atoms with Gasteiger partial charge in [0.25, 0.3) is 0 Å². The smallest absolute Gasteiger partial charge is 0.427 e. The minimum atomic E-state index is -0.779. The number of carbonyl (C=O) groups excluding carboxylic acids is 2. The number of hydrogen-bond donors (Lipinski definition) is 2. The van der Waals surface area contributed by atoms with Crippen molar-refractivity contribution in [2.75, 3.05) is 12.0 Å². The molecule has 2 N–H and O–H groups in total. The molecule has 7 heteroatoms. The van der Waals surface area contributed by atoms with Crippen molar-refractivity contribution >= 4 is 24.1 Å². The van der Waals surface area contributed by atoms with E-state index in [1.807, 2.05) is 6.26 Å². The molecular formula is C10H20N2O4S. The van der Waals surface area contributed by atoms with Gasteiger partial charge in [-0.2, -0.15) is 11.8 Å². The van der Waals surface area contributed by atoms with Crippen LogP contribution in [-0.2, 0) is 9.53 Å². The van der Waals surface area contributed by atoms with Crippen molar-refractivity contribution in [1.82, 2.24) is 10.6 Å². The normalized spacial score (nSPS) is 13.0. The second kappa shape index (κ2) is 7.52. The second-order valence-electron chi connectivity index (χ2n) is 4.44. The fraction of sp³-hybridized carbons (Fsp3) is 0.800. The summed E-state index contributed by atoms with van der Waals surface area (Å²) in [4.78, 5) is 22.5. The van der Waals surface area contributed by atoms with Crippen molar-refractivity contribution in [3.8, 4) is 0 Å². The first-order chi connectivity index (χ1) is 7.85. The lowest BCUT2D eigenvalue weighted by Gasteiger charge is -2.28. The minimum absolute atomic E-state index is 0.442. The van der Waals surface area contributed by atoms with Crippen LogP contribution in [0.5, 0.6) is 0 Å². The summed E-state index contributed by atoms with van der Waals surface area (Å²) in [5, 5.41) is 9.69. The number of carbonyl (C=O) groups is 2. The number of nitrogens with one attached hydrogen (secondary N) is 1. The maximum absolute atomic E-state index is 11.7. The highest BCUT2D eigenvalue weighted by Gasteiger charge is 2.27. The number of hydrogen-bond acceptors (Lipinski definition) is 6. The Balaban J connectivity index is 4.56. The summed E-state index contributed by atoms with van der Waals surface area (Å²) in [7, 11) is 0. The highest BCUT2D eigenvalue weighted by atomic mass is 32.2. The van der Waals surface area contributed by atoms with Gasteiger partial charge in [0.1, 0.15) is 17.9 Å². The minimum Gasteiger partial charge on any atom is -0.443 e. The first-order valence-corrected chi connectivity index (χ1v) is 6.61. The van der Waals surface area contributed by atoms with Crippen LogP contribution in [0, 0.1) is 0 Å². The molecule has 0 aliphatic carbocycles. The molecule has 0 radical (unpaired) electrons. The maximum atomic E-state index is 11.7. The molecule has 6 nitrogen and oxygen atoms in total. The van der Waals surface area contributed by atoms with Gasteiger partial charge in [0.05, 0.1) is 0 Å². The van der Waals surface area contributed by atoms with Gasteiger partial charge in [-0.3, -0.25) is 5.21 Å². The van der Waals surface area contributed by atoms with Gasteiger partial charge in [0.2, 0.25) is 0 Å². The van der Waals surface area contributed by atoms with E-state index in [1.54, 1.807) is 38.1 Å². The Bertz CT molecular complexity index is 255. The van der Waals surface area contributed by atoms with E-state index in [1.165, 1.54) is 0 Å². The predicted molar refractivity (Wildman–Crippen MR) is 65.8 cm³/mol. The van der Waals surface area contributed by atoms with Gasteiger partial charge in [0, 0.05) is 0 Å². The molecule has 0 bridgehead atoms. The fourth-order valence-corrected chi connectivity index (χ4v) is 1.54. The molecule has 0 saturated heterocycles. The number of aldehydes is 1. The number of thioether (sulfide) groups is 1. The third-order valence-electron chi connectivity index (χ3n) is 1.80. The van der Waals surface area contributed by atoms with Crippen molar-refractivity contribution in [1.29, 1.82) is 0 Å². The lowest BCUT2D eigenvalue weighted by Crippen LogP contribution is -2.51. The molecule has 0 aromatic heterocycles. The Kier molecular flexibility index (Phi) is 7.17. The SMILES string of the molecule is CSCC[C@@H](C=O)N(NO)C(=O)OC(C)(C)C. The highest BCUT2D eigenvalue weighted by Crippen LogP contribution is 2.12. The number of hydrazine groups is 1. The van der Waals surface area contributed by atoms with Crippen LogP contribution in [0.25, 0.3) is 0 Å². The van der Waals surface area contributed by atoms with Crippen LogP contribution in [0.4, 0.5) is 4.79 Å². The standard InChI is InChI=1S/C10H20N2O4S/c1-10(2,3)16-9(14)12(11-15)8(7-13)5-6-17-4/h7-8,11,15H,5-6H2,1-4H3/t8-/m0/s1. The largest absolute Gasteiger partial charge is 0.443 e. The van der Waals surface area contributed by atoms with Gasteiger partial charge in [0.15, 0.2) is 0 Å². The number of ether oxygens (including phenoxy) is 1. The molecule has 100 valence electrons. The summed E-state index contributed by atoms with van der Waals surface area (Å²) in [6.07, 6.45) is 2.16. The van der Waals surface area contributed by atoms with Crippen LogP contribution in [-0.4, -0.2) is 46.2 Å². The van der Waals surface area contributed by atoms with Crippen LogP contribution in [0.15, 0.2) is 0 Å². The quantitative estimate of drug-likeness (QED) is 0.558. The molecule has 0 unspecified atom stereocenters. The lowest BCUT2D eigenvalue weighted by atomic mass is 10.2. The molecule has 0 saturated carbocycles. The molecule has 0 rings (SSSR count). The zero-order valence-corrected chi connectivity index (χ0v) is 11.4. The van der Waals surface area contributed by atoms with Crippen LogP contribution in [0.1, 0.15) is 27.2 Å². The predicted octanol–water partition coefficient (Wildman–Crippen LogP) is 1.44. The van der Waals surface area contributed by atoms with Gasteiger partial charge in [-0.05, 0) is 39.2 Å². The van der Waals surface area contributed by atoms with Crippen LogP contribution in [0.2, 0.25) is 0 Å². The third kappa shape index (κ3) is 6.50. The molecule has 17 heavy (non-hydrogen) atoms. The van der Waals surface area contributed by atoms with Crippen molar-refractivity contribution < 1.29 is 19.5 Å². The Morgan fingerprint density at radius 1 is 1.59 bits per heavy atom. The van der Waals surface area contributed by atoms with E-state index in [-0.39, 0.29) is 0 Å². The number of amides is 1. The average Bonchev–Trinajstić information content (AvgIpc) is 2.21. The lowest BCUT2D eigenvalue weighted by molar-refractivity contribution is -0.119. The Labute approximate surface area is 106 Å². The summed E-state index contributed by atoms with van der Waals surface area (Å²) in [6.45, 7) is 5.12. The van der Waals surface area contributed by atoms with E-state index in [9.17, 15) is 9.59 Å².